The Morgan fingerprint density at radius 1 is 0.880 bits per heavy atom. The number of carbonyl (C=O) groups excluding carboxylic acids is 2. The quantitative estimate of drug-likeness (QED) is 0.0401. The maximum atomic E-state index is 15.6. The molecule has 0 radical (unpaired) electrons. The minimum Gasteiger partial charge on any atom is -0.481 e. The molecule has 4 heterocycles. The molecule has 3 aliphatic carbocycles. The number of allylic oxidation sites excluding steroid dienone is 1. The Labute approximate surface area is 438 Å². The zero-order valence-corrected chi connectivity index (χ0v) is 43.1. The van der Waals surface area contributed by atoms with Crippen molar-refractivity contribution in [2.24, 2.45) is 23.7 Å². The van der Waals surface area contributed by atoms with Crippen LogP contribution < -0.4 is 10.4 Å². The summed E-state index contributed by atoms with van der Waals surface area (Å²) < 4.78 is 33.6. The minimum atomic E-state index is -1.39. The normalized spacial score (nSPS) is 28.1. The van der Waals surface area contributed by atoms with Crippen molar-refractivity contribution < 1.29 is 48.3 Å². The third-order valence-corrected chi connectivity index (χ3v) is 17.7. The smallest absolute Gasteiger partial charge is 0.340 e. The molecule has 3 aliphatic heterocycles. The van der Waals surface area contributed by atoms with Gasteiger partial charge in [0.2, 0.25) is 0 Å². The van der Waals surface area contributed by atoms with E-state index in [1.165, 1.54) is 29.4 Å². The van der Waals surface area contributed by atoms with Crippen molar-refractivity contribution >= 4 is 22.9 Å². The Hall–Kier alpha value is -6.29. The standard InChI is InChI=1S/C64H68O11/c1-38(35-66)49-23-18-40-19-24-50-45(31-40)15-9-16-48-22-20-42-13-6-7-17-54(42)64(48)61(74-62(49)69)60(58-55(75-64)27-26-52-53(36-67)57(63(70)73-59(52)58)46(28-29-65)37-71-2)72-56(68)34-47-33-44(21-25-51(47)50)43-14-8-12-41(32-43)30-39-10-4-3-5-11-39/h3-5,8,10-12,14,19-20,22,24,26-27,31-32,42,44,46-48,51,54,60-61,65-67H,6-7,13,15,17-18,21,23,25,28-30,33-37H2,1-2H3. The molecule has 4 aromatic carbocycles. The first-order valence-electron chi connectivity index (χ1n) is 27.3. The lowest BCUT2D eigenvalue weighted by Crippen LogP contribution is -2.66. The minimum absolute atomic E-state index is 0.00528. The maximum Gasteiger partial charge on any atom is 0.340 e. The summed E-state index contributed by atoms with van der Waals surface area (Å²) in [5.41, 5.74) is 6.44. The fraction of sp³-hybridized carbons (Fsp3) is 0.453. The van der Waals surface area contributed by atoms with Gasteiger partial charge in [-0.1, -0.05) is 110 Å². The summed E-state index contributed by atoms with van der Waals surface area (Å²) >= 11 is 0. The summed E-state index contributed by atoms with van der Waals surface area (Å²) in [6.07, 6.45) is 9.96. The fourth-order valence-corrected chi connectivity index (χ4v) is 14.2. The molecule has 0 saturated heterocycles. The number of fused-ring (bicyclic) bond motifs is 9. The molecule has 0 amide bonds. The molecule has 390 valence electrons. The van der Waals surface area contributed by atoms with Crippen LogP contribution in [0.25, 0.3) is 11.0 Å². The number of esters is 2. The highest BCUT2D eigenvalue weighted by Crippen LogP contribution is 2.58. The van der Waals surface area contributed by atoms with Gasteiger partial charge >= 0.3 is 17.6 Å². The van der Waals surface area contributed by atoms with Gasteiger partial charge in [-0.15, -0.1) is 0 Å². The van der Waals surface area contributed by atoms with Crippen LogP contribution in [0.4, 0.5) is 0 Å². The lowest BCUT2D eigenvalue weighted by atomic mass is 9.58. The van der Waals surface area contributed by atoms with Crippen LogP contribution in [0.1, 0.15) is 145 Å². The van der Waals surface area contributed by atoms with Crippen molar-refractivity contribution in [3.05, 3.63) is 169 Å². The predicted molar refractivity (Wildman–Crippen MR) is 284 cm³/mol. The summed E-state index contributed by atoms with van der Waals surface area (Å²) in [5.74, 6) is 5.09. The first-order valence-corrected chi connectivity index (χ1v) is 27.3. The van der Waals surface area contributed by atoms with Gasteiger partial charge in [0, 0.05) is 54.9 Å². The van der Waals surface area contributed by atoms with Crippen LogP contribution in [0, 0.1) is 35.5 Å². The lowest BCUT2D eigenvalue weighted by molar-refractivity contribution is -0.214. The molecule has 6 aliphatic rings. The molecular weight excluding hydrogens is 945 g/mol. The zero-order chi connectivity index (χ0) is 51.8. The summed E-state index contributed by atoms with van der Waals surface area (Å²) in [5, 5.41) is 32.4. The molecule has 75 heavy (non-hydrogen) atoms. The van der Waals surface area contributed by atoms with Gasteiger partial charge in [-0.05, 0) is 145 Å². The second kappa shape index (κ2) is 21.7. The van der Waals surface area contributed by atoms with E-state index in [9.17, 15) is 20.1 Å². The third-order valence-electron chi connectivity index (χ3n) is 17.7. The second-order valence-electron chi connectivity index (χ2n) is 22.0. The molecular formula is C64H68O11. The van der Waals surface area contributed by atoms with E-state index in [-0.39, 0.29) is 85.4 Å². The van der Waals surface area contributed by atoms with Gasteiger partial charge in [-0.25, -0.2) is 9.59 Å². The van der Waals surface area contributed by atoms with Gasteiger partial charge in [0.15, 0.2) is 17.8 Å². The SMILES string of the molecule is COCC(CCO)c1c(CO)c2ccc3c(c2oc1=O)C1OC(=O)CC2CC(c4cccc(Cc5ccccc5)c4)CCC2c2ccc4cc2CC#CC2C=CC5CCCCC5C2(O3)C1OC(=O)C(=C(C)CO)CC4. The molecule has 2 fully saturated rings. The van der Waals surface area contributed by atoms with Gasteiger partial charge in [-0.2, -0.15) is 0 Å². The van der Waals surface area contributed by atoms with E-state index in [1.54, 1.807) is 19.1 Å². The predicted octanol–water partition coefficient (Wildman–Crippen LogP) is 10.2. The van der Waals surface area contributed by atoms with E-state index >= 15 is 9.59 Å². The maximum absolute atomic E-state index is 15.6. The van der Waals surface area contributed by atoms with Crippen LogP contribution in [0.2, 0.25) is 0 Å². The van der Waals surface area contributed by atoms with Crippen LogP contribution >= 0.6 is 0 Å². The Morgan fingerprint density at radius 2 is 1.72 bits per heavy atom. The molecule has 11 heteroatoms. The Bertz CT molecular complexity index is 3150. The zero-order valence-electron chi connectivity index (χ0n) is 43.1. The Kier molecular flexibility index (Phi) is 14.7. The van der Waals surface area contributed by atoms with Crippen LogP contribution in [-0.2, 0) is 49.7 Å². The van der Waals surface area contributed by atoms with Gasteiger partial charge in [0.25, 0.3) is 0 Å². The fourth-order valence-electron chi connectivity index (χ4n) is 14.2. The second-order valence-corrected chi connectivity index (χ2v) is 22.0. The highest BCUT2D eigenvalue weighted by atomic mass is 16.6. The highest BCUT2D eigenvalue weighted by molar-refractivity contribution is 5.90. The monoisotopic (exact) mass is 1010 g/mol. The van der Waals surface area contributed by atoms with E-state index in [2.05, 4.69) is 90.7 Å². The van der Waals surface area contributed by atoms with Gasteiger partial charge in [0.1, 0.15) is 11.3 Å². The van der Waals surface area contributed by atoms with Crippen molar-refractivity contribution in [1.82, 2.24) is 0 Å². The number of methoxy groups -OCH3 is 1. The number of ether oxygens (including phenoxy) is 4. The van der Waals surface area contributed by atoms with Crippen molar-refractivity contribution in [2.45, 2.75) is 133 Å². The summed E-state index contributed by atoms with van der Waals surface area (Å²) in [4.78, 5) is 45.5. The number of benzene rings is 4. The van der Waals surface area contributed by atoms with Gasteiger partial charge < -0.3 is 38.7 Å². The number of rotatable bonds is 10. The molecule has 2 saturated carbocycles. The number of aryl methyl sites for hydroxylation is 1. The molecule has 1 spiro atoms. The molecule has 11 rings (SSSR count). The average Bonchev–Trinajstić information content (AvgIpc) is 3.42. The molecule has 11 nitrogen and oxygen atoms in total. The molecule has 3 N–H and O–H groups in total. The third kappa shape index (κ3) is 9.58. The number of hydrogen-bond acceptors (Lipinski definition) is 11. The number of aliphatic hydroxyl groups excluding tert-OH is 3. The Morgan fingerprint density at radius 3 is 2.53 bits per heavy atom. The summed E-state index contributed by atoms with van der Waals surface area (Å²) in [7, 11) is 1.51. The van der Waals surface area contributed by atoms with Gasteiger partial charge in [0.05, 0.1) is 31.3 Å². The first-order chi connectivity index (χ1) is 36.6. The molecule has 10 atom stereocenters. The van der Waals surface area contributed by atoms with E-state index in [1.807, 2.05) is 6.07 Å². The van der Waals surface area contributed by atoms with Crippen LogP contribution in [0.5, 0.6) is 5.75 Å². The van der Waals surface area contributed by atoms with Crippen molar-refractivity contribution in [1.29, 1.82) is 0 Å². The summed E-state index contributed by atoms with van der Waals surface area (Å²) in [6, 6.07) is 29.5. The summed E-state index contributed by atoms with van der Waals surface area (Å²) in [6.45, 7) is 0.686. The van der Waals surface area contributed by atoms with Gasteiger partial charge in [-0.3, -0.25) is 4.79 Å². The highest BCUT2D eigenvalue weighted by Gasteiger charge is 2.65. The largest absolute Gasteiger partial charge is 0.481 e. The van der Waals surface area contributed by atoms with Crippen LogP contribution in [0.15, 0.2) is 117 Å². The average molecular weight is 1010 g/mol. The number of aliphatic hydroxyl groups is 3. The lowest BCUT2D eigenvalue weighted by Gasteiger charge is -2.56. The first kappa shape index (κ1) is 50.8. The van der Waals surface area contributed by atoms with E-state index in [0.29, 0.717) is 40.7 Å². The number of carbonyl (C=O) groups is 2. The van der Waals surface area contributed by atoms with Crippen molar-refractivity contribution in [2.75, 3.05) is 26.9 Å². The van der Waals surface area contributed by atoms with Crippen LogP contribution in [-0.4, -0.2) is 65.9 Å². The number of hydrogen-bond donors (Lipinski definition) is 3. The molecule has 5 aromatic rings. The van der Waals surface area contributed by atoms with Crippen molar-refractivity contribution in [3.63, 3.8) is 0 Å². The molecule has 10 unspecified atom stereocenters. The topological polar surface area (TPSA) is 162 Å². The van der Waals surface area contributed by atoms with Crippen molar-refractivity contribution in [3.8, 4) is 17.6 Å². The van der Waals surface area contributed by atoms with E-state index < -0.39 is 53.8 Å². The van der Waals surface area contributed by atoms with E-state index in [4.69, 9.17) is 23.4 Å². The molecule has 5 bridgehead atoms. The van der Waals surface area contributed by atoms with E-state index in [0.717, 1.165) is 62.5 Å². The Balaban J connectivity index is 1.12. The van der Waals surface area contributed by atoms with Crippen LogP contribution in [0.3, 0.4) is 0 Å². The molecule has 1 aromatic heterocycles.